The molecular weight excluding hydrogens is 244 g/mol. The molecule has 0 bridgehead atoms. The topological polar surface area (TPSA) is 68.1 Å². The van der Waals surface area contributed by atoms with Crippen LogP contribution < -0.4 is 0 Å². The number of hydrogen-bond acceptors (Lipinski definition) is 4. The van der Waals surface area contributed by atoms with Gasteiger partial charge < -0.3 is 4.90 Å². The molecule has 0 aromatic carbocycles. The summed E-state index contributed by atoms with van der Waals surface area (Å²) in [5.41, 5.74) is 1.46. The molecule has 19 heavy (non-hydrogen) atoms. The molecule has 2 heterocycles. The van der Waals surface area contributed by atoms with Crippen molar-refractivity contribution in [2.75, 3.05) is 14.1 Å². The van der Waals surface area contributed by atoms with E-state index >= 15 is 0 Å². The lowest BCUT2D eigenvalue weighted by Crippen LogP contribution is -2.22. The van der Waals surface area contributed by atoms with Crippen molar-refractivity contribution in [3.05, 3.63) is 42.0 Å². The quantitative estimate of drug-likeness (QED) is 0.775. The number of hydrogen-bond donors (Lipinski definition) is 0. The first-order chi connectivity index (χ1) is 8.99. The first kappa shape index (κ1) is 12.9. The summed E-state index contributed by atoms with van der Waals surface area (Å²) in [5, 5.41) is 4.18. The van der Waals surface area contributed by atoms with Crippen LogP contribution in [0.1, 0.15) is 27.9 Å². The molecule has 6 heteroatoms. The lowest BCUT2D eigenvalue weighted by atomic mass is 10.2. The summed E-state index contributed by atoms with van der Waals surface area (Å²) >= 11 is 0. The van der Waals surface area contributed by atoms with Crippen molar-refractivity contribution >= 4 is 11.7 Å². The number of nitrogens with zero attached hydrogens (tertiary/aromatic N) is 4. The highest BCUT2D eigenvalue weighted by molar-refractivity contribution is 5.92. The van der Waals surface area contributed by atoms with Gasteiger partial charge in [-0.2, -0.15) is 5.10 Å². The minimum Gasteiger partial charge on any atom is -0.343 e. The van der Waals surface area contributed by atoms with E-state index in [2.05, 4.69) is 10.1 Å². The third-order valence-corrected chi connectivity index (χ3v) is 2.59. The smallest absolute Gasteiger partial charge is 0.273 e. The number of carbonyl (C=O) groups excluding carboxylic acids is 2. The van der Waals surface area contributed by atoms with Crippen molar-refractivity contribution in [1.29, 1.82) is 0 Å². The molecule has 0 aliphatic rings. The second-order valence-corrected chi connectivity index (χ2v) is 4.30. The van der Waals surface area contributed by atoms with Crippen molar-refractivity contribution in [3.63, 3.8) is 0 Å². The third kappa shape index (κ3) is 2.67. The summed E-state index contributed by atoms with van der Waals surface area (Å²) < 4.78 is 1.55. The summed E-state index contributed by atoms with van der Waals surface area (Å²) in [4.78, 5) is 28.3. The summed E-state index contributed by atoms with van der Waals surface area (Å²) in [6.45, 7) is 1.46. The molecule has 0 saturated heterocycles. The van der Waals surface area contributed by atoms with E-state index in [1.165, 1.54) is 11.8 Å². The largest absolute Gasteiger partial charge is 0.343 e. The Balaban J connectivity index is 2.28. The average Bonchev–Trinajstić information content (AvgIpc) is 2.87. The highest BCUT2D eigenvalue weighted by atomic mass is 16.2. The Kier molecular flexibility index (Phi) is 3.41. The number of carbonyl (C=O) groups is 2. The van der Waals surface area contributed by atoms with Gasteiger partial charge in [-0.1, -0.05) is 0 Å². The molecule has 6 nitrogen and oxygen atoms in total. The summed E-state index contributed by atoms with van der Waals surface area (Å²) in [6, 6.07) is 5.01. The van der Waals surface area contributed by atoms with E-state index in [1.807, 2.05) is 0 Å². The highest BCUT2D eigenvalue weighted by Crippen LogP contribution is 2.08. The Morgan fingerprint density at radius 3 is 2.42 bits per heavy atom. The van der Waals surface area contributed by atoms with Gasteiger partial charge >= 0.3 is 0 Å². The van der Waals surface area contributed by atoms with Gasteiger partial charge in [-0.05, 0) is 18.2 Å². The first-order valence-corrected chi connectivity index (χ1v) is 5.73. The molecule has 0 aliphatic heterocycles. The molecule has 0 fully saturated rings. The molecule has 98 valence electrons. The first-order valence-electron chi connectivity index (χ1n) is 5.73. The lowest BCUT2D eigenvalue weighted by molar-refractivity contribution is 0.0821. The molecule has 2 aromatic heterocycles. The third-order valence-electron chi connectivity index (χ3n) is 2.59. The fraction of sp³-hybridized carbons (Fsp3) is 0.231. The van der Waals surface area contributed by atoms with Crippen LogP contribution in [0, 0.1) is 0 Å². The van der Waals surface area contributed by atoms with E-state index in [0.29, 0.717) is 17.1 Å². The average molecular weight is 258 g/mol. The second kappa shape index (κ2) is 5.01. The molecule has 0 saturated carbocycles. The fourth-order valence-electron chi connectivity index (χ4n) is 1.54. The zero-order valence-electron chi connectivity index (χ0n) is 11.0. The number of pyridine rings is 1. The van der Waals surface area contributed by atoms with Crippen molar-refractivity contribution in [2.24, 2.45) is 0 Å². The SMILES string of the molecule is CC(=O)c1ccc(-n2ccc(C(=O)N(C)C)n2)cn1. The summed E-state index contributed by atoms with van der Waals surface area (Å²) in [7, 11) is 3.34. The van der Waals surface area contributed by atoms with Crippen LogP contribution in [-0.4, -0.2) is 45.5 Å². The summed E-state index contributed by atoms with van der Waals surface area (Å²) in [6.07, 6.45) is 3.23. The van der Waals surface area contributed by atoms with Crippen molar-refractivity contribution in [2.45, 2.75) is 6.92 Å². The van der Waals surface area contributed by atoms with E-state index in [-0.39, 0.29) is 11.7 Å². The number of Topliss-reactive ketones (excluding diaryl/α,β-unsaturated/α-hetero) is 1. The van der Waals surface area contributed by atoms with E-state index in [1.54, 1.807) is 49.4 Å². The van der Waals surface area contributed by atoms with Crippen LogP contribution in [0.4, 0.5) is 0 Å². The maximum absolute atomic E-state index is 11.7. The molecule has 0 aliphatic carbocycles. The van der Waals surface area contributed by atoms with E-state index in [0.717, 1.165) is 0 Å². The normalized spacial score (nSPS) is 10.3. The monoisotopic (exact) mass is 258 g/mol. The van der Waals surface area contributed by atoms with Gasteiger partial charge in [-0.15, -0.1) is 0 Å². The van der Waals surface area contributed by atoms with Crippen LogP contribution >= 0.6 is 0 Å². The molecule has 2 rings (SSSR count). The molecule has 1 amide bonds. The minimum absolute atomic E-state index is 0.0875. The van der Waals surface area contributed by atoms with E-state index in [9.17, 15) is 9.59 Å². The van der Waals surface area contributed by atoms with Gasteiger partial charge in [0.2, 0.25) is 0 Å². The molecular formula is C13H14N4O2. The predicted molar refractivity (Wildman–Crippen MR) is 69.4 cm³/mol. The van der Waals surface area contributed by atoms with Crippen LogP contribution in [-0.2, 0) is 0 Å². The maximum atomic E-state index is 11.7. The Morgan fingerprint density at radius 2 is 1.89 bits per heavy atom. The van der Waals surface area contributed by atoms with E-state index < -0.39 is 0 Å². The van der Waals surface area contributed by atoms with Gasteiger partial charge in [0.15, 0.2) is 11.5 Å². The van der Waals surface area contributed by atoms with Crippen LogP contribution in [0.15, 0.2) is 30.6 Å². The zero-order chi connectivity index (χ0) is 14.0. The molecule has 0 N–H and O–H groups in total. The van der Waals surface area contributed by atoms with Crippen LogP contribution in [0.3, 0.4) is 0 Å². The summed E-state index contributed by atoms with van der Waals surface area (Å²) in [5.74, 6) is -0.248. The van der Waals surface area contributed by atoms with Crippen LogP contribution in [0.2, 0.25) is 0 Å². The number of aromatic nitrogens is 3. The van der Waals surface area contributed by atoms with Gasteiger partial charge in [0.25, 0.3) is 5.91 Å². The number of amides is 1. The Bertz CT molecular complexity index is 614. The number of ketones is 1. The molecule has 0 unspecified atom stereocenters. The lowest BCUT2D eigenvalue weighted by Gasteiger charge is -2.07. The number of rotatable bonds is 3. The molecule has 0 spiro atoms. The van der Waals surface area contributed by atoms with E-state index in [4.69, 9.17) is 0 Å². The highest BCUT2D eigenvalue weighted by Gasteiger charge is 2.12. The maximum Gasteiger partial charge on any atom is 0.273 e. The molecule has 0 radical (unpaired) electrons. The van der Waals surface area contributed by atoms with Crippen LogP contribution in [0.5, 0.6) is 0 Å². The standard InChI is InChI=1S/C13H14N4O2/c1-9(18)11-5-4-10(8-14-11)17-7-6-12(15-17)13(19)16(2)3/h4-8H,1-3H3. The zero-order valence-corrected chi connectivity index (χ0v) is 11.0. The van der Waals surface area contributed by atoms with Gasteiger partial charge in [0.1, 0.15) is 5.69 Å². The molecule has 2 aromatic rings. The minimum atomic E-state index is -0.160. The van der Waals surface area contributed by atoms with Gasteiger partial charge in [-0.25, -0.2) is 4.68 Å². The fourth-order valence-corrected chi connectivity index (χ4v) is 1.54. The van der Waals surface area contributed by atoms with Crippen molar-refractivity contribution < 1.29 is 9.59 Å². The molecule has 0 atom stereocenters. The van der Waals surface area contributed by atoms with Crippen LogP contribution in [0.25, 0.3) is 5.69 Å². The van der Waals surface area contributed by atoms with Gasteiger partial charge in [0, 0.05) is 27.2 Å². The van der Waals surface area contributed by atoms with Crippen molar-refractivity contribution in [3.8, 4) is 5.69 Å². The Labute approximate surface area is 110 Å². The second-order valence-electron chi connectivity index (χ2n) is 4.30. The van der Waals surface area contributed by atoms with Gasteiger partial charge in [0.05, 0.1) is 11.9 Å². The van der Waals surface area contributed by atoms with Gasteiger partial charge in [-0.3, -0.25) is 14.6 Å². The van der Waals surface area contributed by atoms with Crippen molar-refractivity contribution in [1.82, 2.24) is 19.7 Å². The Morgan fingerprint density at radius 1 is 1.16 bits per heavy atom. The predicted octanol–water partition coefficient (Wildman–Crippen LogP) is 1.17. The Hall–Kier alpha value is -2.50.